The third-order valence-electron chi connectivity index (χ3n) is 2.94. The maximum absolute atomic E-state index is 14.1. The smallest absolute Gasteiger partial charge is 0.131 e. The van der Waals surface area contributed by atoms with Gasteiger partial charge in [0.15, 0.2) is 0 Å². The summed E-state index contributed by atoms with van der Waals surface area (Å²) in [4.78, 5) is 1.16. The molecular formula is C15H18FNS. The maximum atomic E-state index is 14.1. The first-order valence-corrected chi connectivity index (χ1v) is 7.14. The van der Waals surface area contributed by atoms with E-state index in [0.717, 1.165) is 35.5 Å². The lowest BCUT2D eigenvalue weighted by molar-refractivity contribution is 0.622. The Morgan fingerprint density at radius 1 is 1.22 bits per heavy atom. The van der Waals surface area contributed by atoms with E-state index in [2.05, 4.69) is 12.2 Å². The van der Waals surface area contributed by atoms with Gasteiger partial charge in [-0.15, -0.1) is 11.3 Å². The van der Waals surface area contributed by atoms with Gasteiger partial charge >= 0.3 is 0 Å². The molecule has 1 aromatic heterocycles. The third kappa shape index (κ3) is 2.98. The summed E-state index contributed by atoms with van der Waals surface area (Å²) in [5.41, 5.74) is 2.70. The van der Waals surface area contributed by atoms with E-state index in [0.29, 0.717) is 5.56 Å². The minimum Gasteiger partial charge on any atom is -0.313 e. The Morgan fingerprint density at radius 2 is 2.06 bits per heavy atom. The van der Waals surface area contributed by atoms with Crippen LogP contribution in [0.2, 0.25) is 0 Å². The quantitative estimate of drug-likeness (QED) is 0.790. The summed E-state index contributed by atoms with van der Waals surface area (Å²) in [6.45, 7) is 5.84. The van der Waals surface area contributed by atoms with Crippen molar-refractivity contribution in [3.63, 3.8) is 0 Å². The van der Waals surface area contributed by atoms with Gasteiger partial charge in [-0.1, -0.05) is 19.1 Å². The van der Waals surface area contributed by atoms with E-state index >= 15 is 0 Å². The van der Waals surface area contributed by atoms with Crippen LogP contribution in [0.4, 0.5) is 4.39 Å². The van der Waals surface area contributed by atoms with Crippen LogP contribution >= 0.6 is 11.3 Å². The van der Waals surface area contributed by atoms with Gasteiger partial charge in [-0.3, -0.25) is 0 Å². The Hall–Kier alpha value is -1.19. The van der Waals surface area contributed by atoms with E-state index < -0.39 is 0 Å². The van der Waals surface area contributed by atoms with Crippen LogP contribution in [0, 0.1) is 12.7 Å². The third-order valence-corrected chi connectivity index (χ3v) is 3.78. The highest BCUT2D eigenvalue weighted by atomic mass is 32.1. The second kappa shape index (κ2) is 6.12. The Morgan fingerprint density at radius 3 is 2.67 bits per heavy atom. The van der Waals surface area contributed by atoms with Gasteiger partial charge in [-0.05, 0) is 48.5 Å². The zero-order chi connectivity index (χ0) is 13.0. The molecule has 0 saturated carbocycles. The molecule has 2 rings (SSSR count). The van der Waals surface area contributed by atoms with Crippen LogP contribution in [0.1, 0.15) is 23.8 Å². The summed E-state index contributed by atoms with van der Waals surface area (Å²) in [5, 5.41) is 5.28. The molecule has 18 heavy (non-hydrogen) atoms. The molecule has 96 valence electrons. The highest BCUT2D eigenvalue weighted by Gasteiger charge is 2.09. The number of thiophene rings is 1. The number of hydrogen-bond acceptors (Lipinski definition) is 2. The van der Waals surface area contributed by atoms with Crippen molar-refractivity contribution < 1.29 is 4.39 Å². The number of aryl methyl sites for hydroxylation is 1. The van der Waals surface area contributed by atoms with Gasteiger partial charge in [0.05, 0.1) is 0 Å². The molecule has 1 aromatic carbocycles. The number of nitrogens with one attached hydrogen (secondary N) is 1. The molecule has 1 heterocycles. The summed E-state index contributed by atoms with van der Waals surface area (Å²) in [6, 6.07) is 7.49. The van der Waals surface area contributed by atoms with Crippen molar-refractivity contribution >= 4 is 11.3 Å². The average molecular weight is 263 g/mol. The van der Waals surface area contributed by atoms with E-state index in [-0.39, 0.29) is 5.82 Å². The van der Waals surface area contributed by atoms with Crippen LogP contribution in [0.15, 0.2) is 29.6 Å². The molecule has 0 aliphatic carbocycles. The normalized spacial score (nSPS) is 10.8. The highest BCUT2D eigenvalue weighted by molar-refractivity contribution is 7.10. The fourth-order valence-corrected chi connectivity index (χ4v) is 2.67. The number of rotatable bonds is 5. The lowest BCUT2D eigenvalue weighted by atomic mass is 10.0. The SMILES string of the molecule is CCCNCc1ccc(-c2ccsc2C)c(F)c1. The van der Waals surface area contributed by atoms with Crippen LogP contribution < -0.4 is 5.32 Å². The van der Waals surface area contributed by atoms with E-state index in [1.165, 1.54) is 0 Å². The minimum absolute atomic E-state index is 0.132. The molecule has 0 aliphatic rings. The highest BCUT2D eigenvalue weighted by Crippen LogP contribution is 2.29. The summed E-state index contributed by atoms with van der Waals surface area (Å²) in [6.07, 6.45) is 1.09. The van der Waals surface area contributed by atoms with Crippen LogP contribution in [0.3, 0.4) is 0 Å². The average Bonchev–Trinajstić information content (AvgIpc) is 2.76. The summed E-state index contributed by atoms with van der Waals surface area (Å²) in [7, 11) is 0. The van der Waals surface area contributed by atoms with Crippen molar-refractivity contribution in [1.29, 1.82) is 0 Å². The Balaban J connectivity index is 2.18. The van der Waals surface area contributed by atoms with Gasteiger partial charge in [0.25, 0.3) is 0 Å². The Labute approximate surface area is 112 Å². The number of benzene rings is 1. The first kappa shape index (κ1) is 13.2. The molecule has 0 aliphatic heterocycles. The van der Waals surface area contributed by atoms with E-state index in [1.54, 1.807) is 17.4 Å². The zero-order valence-electron chi connectivity index (χ0n) is 10.8. The van der Waals surface area contributed by atoms with Gasteiger partial charge < -0.3 is 5.32 Å². The van der Waals surface area contributed by atoms with Gasteiger partial charge in [0, 0.05) is 17.0 Å². The van der Waals surface area contributed by atoms with Crippen molar-refractivity contribution in [2.45, 2.75) is 26.8 Å². The summed E-state index contributed by atoms with van der Waals surface area (Å²) in [5.74, 6) is -0.132. The fourth-order valence-electron chi connectivity index (χ4n) is 1.96. The molecule has 0 bridgehead atoms. The predicted octanol–water partition coefficient (Wildman–Crippen LogP) is 4.36. The summed E-state index contributed by atoms with van der Waals surface area (Å²) < 4.78 is 14.1. The first-order valence-electron chi connectivity index (χ1n) is 6.26. The van der Waals surface area contributed by atoms with Crippen LogP contribution in [-0.2, 0) is 6.54 Å². The second-order valence-electron chi connectivity index (χ2n) is 4.38. The van der Waals surface area contributed by atoms with Crippen molar-refractivity contribution in [3.05, 3.63) is 45.9 Å². The second-order valence-corrected chi connectivity index (χ2v) is 5.50. The topological polar surface area (TPSA) is 12.0 Å². The van der Waals surface area contributed by atoms with Gasteiger partial charge in [-0.2, -0.15) is 0 Å². The minimum atomic E-state index is -0.132. The first-order chi connectivity index (χ1) is 8.72. The van der Waals surface area contributed by atoms with Crippen molar-refractivity contribution in [2.75, 3.05) is 6.54 Å². The standard InChI is InChI=1S/C15H18FNS/c1-3-7-17-10-12-4-5-14(15(16)9-12)13-6-8-18-11(13)2/h4-6,8-9,17H,3,7,10H2,1-2H3. The Bertz CT molecular complexity index is 519. The van der Waals surface area contributed by atoms with Crippen LogP contribution in [0.5, 0.6) is 0 Å². The molecule has 1 nitrogen and oxygen atoms in total. The fraction of sp³-hybridized carbons (Fsp3) is 0.333. The largest absolute Gasteiger partial charge is 0.313 e. The van der Waals surface area contributed by atoms with Crippen molar-refractivity contribution in [3.8, 4) is 11.1 Å². The molecule has 0 amide bonds. The lowest BCUT2D eigenvalue weighted by Gasteiger charge is -2.07. The zero-order valence-corrected chi connectivity index (χ0v) is 11.6. The molecule has 3 heteroatoms. The number of halogens is 1. The van der Waals surface area contributed by atoms with E-state index in [4.69, 9.17) is 0 Å². The van der Waals surface area contributed by atoms with E-state index in [1.807, 2.05) is 30.5 Å². The molecule has 1 N–H and O–H groups in total. The molecule has 0 fully saturated rings. The van der Waals surface area contributed by atoms with Crippen LogP contribution in [0.25, 0.3) is 11.1 Å². The maximum Gasteiger partial charge on any atom is 0.131 e. The number of hydrogen-bond donors (Lipinski definition) is 1. The van der Waals surface area contributed by atoms with Gasteiger partial charge in [0.2, 0.25) is 0 Å². The van der Waals surface area contributed by atoms with Crippen molar-refractivity contribution in [1.82, 2.24) is 5.32 Å². The van der Waals surface area contributed by atoms with Crippen molar-refractivity contribution in [2.24, 2.45) is 0 Å². The van der Waals surface area contributed by atoms with E-state index in [9.17, 15) is 4.39 Å². The summed E-state index contributed by atoms with van der Waals surface area (Å²) >= 11 is 1.65. The molecule has 0 radical (unpaired) electrons. The van der Waals surface area contributed by atoms with Gasteiger partial charge in [0.1, 0.15) is 5.82 Å². The molecular weight excluding hydrogens is 245 g/mol. The molecule has 0 atom stereocenters. The Kier molecular flexibility index (Phi) is 4.50. The monoisotopic (exact) mass is 263 g/mol. The molecule has 0 saturated heterocycles. The molecule has 0 spiro atoms. The van der Waals surface area contributed by atoms with Gasteiger partial charge in [-0.25, -0.2) is 4.39 Å². The molecule has 0 unspecified atom stereocenters. The van der Waals surface area contributed by atoms with Crippen LogP contribution in [-0.4, -0.2) is 6.54 Å². The predicted molar refractivity (Wildman–Crippen MR) is 76.4 cm³/mol. The molecule has 2 aromatic rings. The lowest BCUT2D eigenvalue weighted by Crippen LogP contribution is -2.13.